The number of rotatable bonds is 5. The van der Waals surface area contributed by atoms with E-state index in [0.717, 1.165) is 30.0 Å². The van der Waals surface area contributed by atoms with E-state index in [4.69, 9.17) is 0 Å². The Bertz CT molecular complexity index is 700. The number of nitrogens with zero attached hydrogens (tertiary/aromatic N) is 6. The smallest absolute Gasteiger partial charge is 0.178 e. The Labute approximate surface area is 128 Å². The van der Waals surface area contributed by atoms with E-state index in [-0.39, 0.29) is 0 Å². The molecule has 0 aliphatic carbocycles. The van der Waals surface area contributed by atoms with E-state index < -0.39 is 0 Å². The number of aromatic nitrogens is 5. The summed E-state index contributed by atoms with van der Waals surface area (Å²) >= 11 is 0. The average molecular weight is 292 g/mol. The van der Waals surface area contributed by atoms with Crippen molar-refractivity contribution in [2.24, 2.45) is 0 Å². The van der Waals surface area contributed by atoms with Crippen molar-refractivity contribution in [1.29, 1.82) is 0 Å². The molecule has 0 aliphatic rings. The maximum Gasteiger partial charge on any atom is 0.178 e. The van der Waals surface area contributed by atoms with E-state index in [1.54, 1.807) is 24.8 Å². The summed E-state index contributed by atoms with van der Waals surface area (Å²) in [6, 6.07) is 5.70. The monoisotopic (exact) mass is 292 g/mol. The van der Waals surface area contributed by atoms with Crippen LogP contribution in [0.25, 0.3) is 11.5 Å². The van der Waals surface area contributed by atoms with Gasteiger partial charge in [-0.3, -0.25) is 19.9 Å². The highest BCUT2D eigenvalue weighted by molar-refractivity contribution is 5.47. The molecule has 0 aromatic carbocycles. The predicted octanol–water partition coefficient (Wildman–Crippen LogP) is 1.96. The van der Waals surface area contributed by atoms with Gasteiger partial charge in [0.05, 0.1) is 5.69 Å². The van der Waals surface area contributed by atoms with E-state index >= 15 is 0 Å². The van der Waals surface area contributed by atoms with Gasteiger partial charge in [0, 0.05) is 55.8 Å². The van der Waals surface area contributed by atoms with Crippen molar-refractivity contribution in [3.05, 3.63) is 66.6 Å². The molecule has 0 unspecified atom stereocenters. The molecule has 3 aromatic rings. The summed E-state index contributed by atoms with van der Waals surface area (Å²) in [6.07, 6.45) is 10.6. The Morgan fingerprint density at radius 3 is 2.41 bits per heavy atom. The highest BCUT2D eigenvalue weighted by Crippen LogP contribution is 2.11. The molecule has 6 nitrogen and oxygen atoms in total. The normalized spacial score (nSPS) is 10.8. The van der Waals surface area contributed by atoms with Crippen molar-refractivity contribution in [2.75, 3.05) is 7.05 Å². The van der Waals surface area contributed by atoms with Gasteiger partial charge in [-0.15, -0.1) is 0 Å². The second-order valence-electron chi connectivity index (χ2n) is 5.00. The third-order valence-electron chi connectivity index (χ3n) is 3.10. The lowest BCUT2D eigenvalue weighted by atomic mass is 10.3. The molecule has 0 fully saturated rings. The number of hydrogen-bond donors (Lipinski definition) is 0. The minimum atomic E-state index is 0.640. The molecule has 22 heavy (non-hydrogen) atoms. The zero-order valence-corrected chi connectivity index (χ0v) is 12.3. The van der Waals surface area contributed by atoms with Crippen molar-refractivity contribution in [1.82, 2.24) is 29.8 Å². The predicted molar refractivity (Wildman–Crippen MR) is 82.5 cm³/mol. The fraction of sp³-hybridized carbons (Fsp3) is 0.188. The topological polar surface area (TPSA) is 67.7 Å². The van der Waals surface area contributed by atoms with Crippen LogP contribution in [-0.2, 0) is 13.1 Å². The van der Waals surface area contributed by atoms with Crippen LogP contribution in [-0.4, -0.2) is 36.9 Å². The summed E-state index contributed by atoms with van der Waals surface area (Å²) in [5.74, 6) is 0.640. The van der Waals surface area contributed by atoms with E-state index in [1.807, 2.05) is 37.6 Å². The molecule has 0 spiro atoms. The van der Waals surface area contributed by atoms with Gasteiger partial charge in [-0.2, -0.15) is 0 Å². The van der Waals surface area contributed by atoms with Crippen LogP contribution in [0.1, 0.15) is 11.3 Å². The molecular formula is C16H16N6. The molecular weight excluding hydrogens is 276 g/mol. The molecule has 3 heterocycles. The fourth-order valence-electron chi connectivity index (χ4n) is 2.12. The second-order valence-corrected chi connectivity index (χ2v) is 5.00. The van der Waals surface area contributed by atoms with Crippen LogP contribution < -0.4 is 0 Å². The molecule has 6 heteroatoms. The Morgan fingerprint density at radius 2 is 1.73 bits per heavy atom. The summed E-state index contributed by atoms with van der Waals surface area (Å²) in [5, 5.41) is 0. The summed E-state index contributed by atoms with van der Waals surface area (Å²) in [4.78, 5) is 23.5. The summed E-state index contributed by atoms with van der Waals surface area (Å²) < 4.78 is 0. The van der Waals surface area contributed by atoms with Gasteiger partial charge >= 0.3 is 0 Å². The zero-order valence-electron chi connectivity index (χ0n) is 12.3. The van der Waals surface area contributed by atoms with Gasteiger partial charge in [-0.05, 0) is 19.2 Å². The minimum Gasteiger partial charge on any atom is -0.296 e. The van der Waals surface area contributed by atoms with Crippen LogP contribution in [0.4, 0.5) is 0 Å². The second kappa shape index (κ2) is 6.82. The molecule has 110 valence electrons. The number of hydrogen-bond acceptors (Lipinski definition) is 6. The van der Waals surface area contributed by atoms with Gasteiger partial charge in [0.15, 0.2) is 5.82 Å². The molecule has 3 aromatic heterocycles. The number of pyridine rings is 1. The van der Waals surface area contributed by atoms with E-state index in [9.17, 15) is 0 Å². The van der Waals surface area contributed by atoms with Crippen molar-refractivity contribution in [3.63, 3.8) is 0 Å². The van der Waals surface area contributed by atoms with Crippen LogP contribution in [0.5, 0.6) is 0 Å². The SMILES string of the molecule is CN(Cc1cnc(-c2ccccn2)nc1)Cc1cnccn1. The van der Waals surface area contributed by atoms with Crippen LogP contribution in [0.3, 0.4) is 0 Å². The zero-order chi connectivity index (χ0) is 15.2. The summed E-state index contributed by atoms with van der Waals surface area (Å²) in [6.45, 7) is 1.48. The molecule has 0 aliphatic heterocycles. The van der Waals surface area contributed by atoms with Gasteiger partial charge in [0.2, 0.25) is 0 Å². The Hall–Kier alpha value is -2.73. The average Bonchev–Trinajstić information content (AvgIpc) is 2.57. The molecule has 0 saturated carbocycles. The lowest BCUT2D eigenvalue weighted by Crippen LogP contribution is -2.18. The van der Waals surface area contributed by atoms with Crippen LogP contribution in [0.15, 0.2) is 55.4 Å². The first kappa shape index (κ1) is 14.2. The Kier molecular flexibility index (Phi) is 4.41. The molecule has 0 bridgehead atoms. The van der Waals surface area contributed by atoms with Crippen molar-refractivity contribution in [2.45, 2.75) is 13.1 Å². The fourth-order valence-corrected chi connectivity index (χ4v) is 2.12. The molecule has 3 rings (SSSR count). The first-order valence-electron chi connectivity index (χ1n) is 6.97. The van der Waals surface area contributed by atoms with Gasteiger partial charge in [0.1, 0.15) is 5.69 Å². The maximum atomic E-state index is 4.38. The molecule has 0 atom stereocenters. The molecule has 0 saturated heterocycles. The van der Waals surface area contributed by atoms with E-state index in [0.29, 0.717) is 5.82 Å². The van der Waals surface area contributed by atoms with Gasteiger partial charge in [0.25, 0.3) is 0 Å². The largest absolute Gasteiger partial charge is 0.296 e. The first-order valence-corrected chi connectivity index (χ1v) is 6.97. The molecule has 0 amide bonds. The lowest BCUT2D eigenvalue weighted by Gasteiger charge is -2.15. The Balaban J connectivity index is 1.64. The highest BCUT2D eigenvalue weighted by Gasteiger charge is 2.05. The minimum absolute atomic E-state index is 0.640. The standard InChI is InChI=1S/C16H16N6/c1-22(12-14-10-17-6-7-18-14)11-13-8-20-16(21-9-13)15-4-2-3-5-19-15/h2-10H,11-12H2,1H3. The van der Waals surface area contributed by atoms with Gasteiger partial charge < -0.3 is 0 Å². The highest BCUT2D eigenvalue weighted by atomic mass is 15.1. The van der Waals surface area contributed by atoms with E-state index in [2.05, 4.69) is 29.8 Å². The molecule has 0 N–H and O–H groups in total. The first-order chi connectivity index (χ1) is 10.8. The quantitative estimate of drug-likeness (QED) is 0.716. The van der Waals surface area contributed by atoms with Crippen molar-refractivity contribution in [3.8, 4) is 11.5 Å². The maximum absolute atomic E-state index is 4.38. The summed E-state index contributed by atoms with van der Waals surface area (Å²) in [7, 11) is 2.03. The van der Waals surface area contributed by atoms with Gasteiger partial charge in [-0.25, -0.2) is 9.97 Å². The lowest BCUT2D eigenvalue weighted by molar-refractivity contribution is 0.314. The van der Waals surface area contributed by atoms with E-state index in [1.165, 1.54) is 0 Å². The van der Waals surface area contributed by atoms with Crippen molar-refractivity contribution >= 4 is 0 Å². The summed E-state index contributed by atoms with van der Waals surface area (Å²) in [5.41, 5.74) is 2.77. The van der Waals surface area contributed by atoms with Crippen LogP contribution in [0, 0.1) is 0 Å². The van der Waals surface area contributed by atoms with Crippen LogP contribution >= 0.6 is 0 Å². The third kappa shape index (κ3) is 3.67. The Morgan fingerprint density at radius 1 is 0.864 bits per heavy atom. The van der Waals surface area contributed by atoms with Gasteiger partial charge in [-0.1, -0.05) is 6.07 Å². The van der Waals surface area contributed by atoms with Crippen LogP contribution in [0.2, 0.25) is 0 Å². The molecule has 0 radical (unpaired) electrons. The third-order valence-corrected chi connectivity index (χ3v) is 3.10. The van der Waals surface area contributed by atoms with Crippen molar-refractivity contribution < 1.29 is 0 Å².